The van der Waals surface area contributed by atoms with Crippen molar-refractivity contribution in [2.24, 2.45) is 0 Å². The maximum Gasteiger partial charge on any atom is 0.242 e. The van der Waals surface area contributed by atoms with E-state index in [-0.39, 0.29) is 11.9 Å². The summed E-state index contributed by atoms with van der Waals surface area (Å²) in [5, 5.41) is 9.05. The second kappa shape index (κ2) is 5.66. The number of aromatic nitrogens is 2. The molecule has 6 nitrogen and oxygen atoms in total. The van der Waals surface area contributed by atoms with Gasteiger partial charge in [-0.15, -0.1) is 0 Å². The highest BCUT2D eigenvalue weighted by molar-refractivity contribution is 5.84. The average molecular weight is 249 g/mol. The zero-order valence-corrected chi connectivity index (χ0v) is 10.7. The zero-order chi connectivity index (χ0) is 13.0. The zero-order valence-electron chi connectivity index (χ0n) is 10.7. The van der Waals surface area contributed by atoms with Crippen LogP contribution in [0.5, 0.6) is 0 Å². The molecule has 1 atom stereocenters. The van der Waals surface area contributed by atoms with Crippen molar-refractivity contribution in [3.8, 4) is 0 Å². The minimum atomic E-state index is -0.296. The summed E-state index contributed by atoms with van der Waals surface area (Å²) in [6.45, 7) is 4.57. The first-order valence-electron chi connectivity index (χ1n) is 6.33. The van der Waals surface area contributed by atoms with E-state index in [4.69, 9.17) is 0 Å². The van der Waals surface area contributed by atoms with Gasteiger partial charge in [0.2, 0.25) is 11.9 Å². The molecule has 0 aromatic carbocycles. The number of carbonyl (C=O) groups is 1. The van der Waals surface area contributed by atoms with Crippen molar-refractivity contribution in [3.63, 3.8) is 0 Å². The molecule has 1 aliphatic rings. The lowest BCUT2D eigenvalue weighted by atomic mass is 10.3. The van der Waals surface area contributed by atoms with Gasteiger partial charge in [0.25, 0.3) is 0 Å². The standard InChI is InChI=1S/C12H19N5O/c1-3-13-12-14-7-6-10(17-12)15-8(2)11(18)16-9-4-5-9/h6-9H,3-5H2,1-2H3,(H,16,18)(H2,13,14,15,17). The van der Waals surface area contributed by atoms with Crippen molar-refractivity contribution in [2.45, 2.75) is 38.8 Å². The molecule has 1 aromatic heterocycles. The molecule has 1 aliphatic carbocycles. The Morgan fingerprint density at radius 2 is 2.33 bits per heavy atom. The SMILES string of the molecule is CCNc1nccc(NC(C)C(=O)NC2CC2)n1. The Kier molecular flexibility index (Phi) is 3.96. The fraction of sp³-hybridized carbons (Fsp3) is 0.583. The van der Waals surface area contributed by atoms with Crippen molar-refractivity contribution in [2.75, 3.05) is 17.2 Å². The predicted octanol–water partition coefficient (Wildman–Crippen LogP) is 0.987. The molecule has 0 aliphatic heterocycles. The normalized spacial score (nSPS) is 15.9. The van der Waals surface area contributed by atoms with Gasteiger partial charge in [0, 0.05) is 18.8 Å². The first-order valence-corrected chi connectivity index (χ1v) is 6.33. The minimum Gasteiger partial charge on any atom is -0.358 e. The summed E-state index contributed by atoms with van der Waals surface area (Å²) < 4.78 is 0. The van der Waals surface area contributed by atoms with E-state index in [0.29, 0.717) is 17.8 Å². The smallest absolute Gasteiger partial charge is 0.242 e. The van der Waals surface area contributed by atoms with Crippen molar-refractivity contribution < 1.29 is 4.79 Å². The largest absolute Gasteiger partial charge is 0.358 e. The van der Waals surface area contributed by atoms with Gasteiger partial charge in [0.05, 0.1) is 0 Å². The van der Waals surface area contributed by atoms with Gasteiger partial charge < -0.3 is 16.0 Å². The highest BCUT2D eigenvalue weighted by atomic mass is 16.2. The van der Waals surface area contributed by atoms with E-state index in [2.05, 4.69) is 25.9 Å². The number of nitrogens with zero attached hydrogens (tertiary/aromatic N) is 2. The van der Waals surface area contributed by atoms with E-state index >= 15 is 0 Å². The Bertz CT molecular complexity index is 419. The topological polar surface area (TPSA) is 78.9 Å². The molecule has 18 heavy (non-hydrogen) atoms. The third kappa shape index (κ3) is 3.58. The highest BCUT2D eigenvalue weighted by Gasteiger charge is 2.25. The number of nitrogens with one attached hydrogen (secondary N) is 3. The van der Waals surface area contributed by atoms with Crippen LogP contribution in [0.4, 0.5) is 11.8 Å². The van der Waals surface area contributed by atoms with Crippen LogP contribution in [0.3, 0.4) is 0 Å². The number of carbonyl (C=O) groups excluding carboxylic acids is 1. The molecule has 1 fully saturated rings. The summed E-state index contributed by atoms with van der Waals surface area (Å²) in [6.07, 6.45) is 3.85. The molecular weight excluding hydrogens is 230 g/mol. The second-order valence-electron chi connectivity index (χ2n) is 4.44. The van der Waals surface area contributed by atoms with Gasteiger partial charge in [0.15, 0.2) is 0 Å². The molecule has 3 N–H and O–H groups in total. The number of rotatable bonds is 6. The van der Waals surface area contributed by atoms with Gasteiger partial charge in [-0.05, 0) is 32.8 Å². The maximum atomic E-state index is 11.8. The summed E-state index contributed by atoms with van der Waals surface area (Å²) in [6, 6.07) is 1.83. The Morgan fingerprint density at radius 1 is 1.56 bits per heavy atom. The lowest BCUT2D eigenvalue weighted by molar-refractivity contribution is -0.121. The Balaban J connectivity index is 1.90. The van der Waals surface area contributed by atoms with E-state index in [0.717, 1.165) is 19.4 Å². The van der Waals surface area contributed by atoms with E-state index in [1.165, 1.54) is 0 Å². The second-order valence-corrected chi connectivity index (χ2v) is 4.44. The molecule has 0 saturated heterocycles. The van der Waals surface area contributed by atoms with Gasteiger partial charge in [-0.1, -0.05) is 0 Å². The van der Waals surface area contributed by atoms with E-state index < -0.39 is 0 Å². The van der Waals surface area contributed by atoms with Crippen LogP contribution in [-0.2, 0) is 4.79 Å². The van der Waals surface area contributed by atoms with Crippen molar-refractivity contribution in [1.82, 2.24) is 15.3 Å². The molecule has 1 saturated carbocycles. The van der Waals surface area contributed by atoms with E-state index in [1.54, 1.807) is 12.3 Å². The van der Waals surface area contributed by atoms with Gasteiger partial charge >= 0.3 is 0 Å². The third-order valence-corrected chi connectivity index (χ3v) is 2.67. The number of hydrogen-bond acceptors (Lipinski definition) is 5. The minimum absolute atomic E-state index is 0.0149. The lowest BCUT2D eigenvalue weighted by Crippen LogP contribution is -2.38. The molecule has 0 radical (unpaired) electrons. The van der Waals surface area contributed by atoms with Crippen molar-refractivity contribution in [1.29, 1.82) is 0 Å². The molecule has 1 aromatic rings. The van der Waals surface area contributed by atoms with Crippen LogP contribution >= 0.6 is 0 Å². The van der Waals surface area contributed by atoms with E-state index in [9.17, 15) is 4.79 Å². The van der Waals surface area contributed by atoms with E-state index in [1.807, 2.05) is 13.8 Å². The van der Waals surface area contributed by atoms with Crippen LogP contribution in [0, 0.1) is 0 Å². The predicted molar refractivity (Wildman–Crippen MR) is 70.4 cm³/mol. The Labute approximate surface area is 107 Å². The summed E-state index contributed by atoms with van der Waals surface area (Å²) in [4.78, 5) is 20.1. The molecule has 0 bridgehead atoms. The first kappa shape index (κ1) is 12.6. The Morgan fingerprint density at radius 3 is 3.00 bits per heavy atom. The number of anilines is 2. The number of hydrogen-bond donors (Lipinski definition) is 3. The van der Waals surface area contributed by atoms with Crippen molar-refractivity contribution >= 4 is 17.7 Å². The molecule has 1 heterocycles. The highest BCUT2D eigenvalue weighted by Crippen LogP contribution is 2.18. The molecule has 1 amide bonds. The van der Waals surface area contributed by atoms with Gasteiger partial charge in [-0.2, -0.15) is 4.98 Å². The quantitative estimate of drug-likeness (QED) is 0.700. The fourth-order valence-electron chi connectivity index (χ4n) is 1.52. The van der Waals surface area contributed by atoms with Crippen LogP contribution in [-0.4, -0.2) is 34.5 Å². The summed E-state index contributed by atoms with van der Waals surface area (Å²) in [5.41, 5.74) is 0. The molecule has 0 spiro atoms. The maximum absolute atomic E-state index is 11.8. The van der Waals surface area contributed by atoms with Crippen LogP contribution in [0.1, 0.15) is 26.7 Å². The van der Waals surface area contributed by atoms with Gasteiger partial charge in [-0.3, -0.25) is 4.79 Å². The molecular formula is C12H19N5O. The molecule has 98 valence electrons. The van der Waals surface area contributed by atoms with Crippen LogP contribution in [0.25, 0.3) is 0 Å². The van der Waals surface area contributed by atoms with Crippen LogP contribution in [0.2, 0.25) is 0 Å². The Hall–Kier alpha value is -1.85. The number of amides is 1. The van der Waals surface area contributed by atoms with Crippen molar-refractivity contribution in [3.05, 3.63) is 12.3 Å². The van der Waals surface area contributed by atoms with Crippen LogP contribution < -0.4 is 16.0 Å². The van der Waals surface area contributed by atoms with Gasteiger partial charge in [0.1, 0.15) is 11.9 Å². The monoisotopic (exact) mass is 249 g/mol. The fourth-order valence-corrected chi connectivity index (χ4v) is 1.52. The van der Waals surface area contributed by atoms with Gasteiger partial charge in [-0.25, -0.2) is 4.98 Å². The summed E-state index contributed by atoms with van der Waals surface area (Å²) in [5.74, 6) is 1.23. The summed E-state index contributed by atoms with van der Waals surface area (Å²) >= 11 is 0. The lowest BCUT2D eigenvalue weighted by Gasteiger charge is -2.14. The molecule has 2 rings (SSSR count). The summed E-state index contributed by atoms with van der Waals surface area (Å²) in [7, 11) is 0. The average Bonchev–Trinajstić information content (AvgIpc) is 3.14. The van der Waals surface area contributed by atoms with Crippen LogP contribution in [0.15, 0.2) is 12.3 Å². The first-order chi connectivity index (χ1) is 8.69. The molecule has 6 heteroatoms. The molecule has 1 unspecified atom stereocenters. The third-order valence-electron chi connectivity index (χ3n) is 2.67.